The molecule has 1 aliphatic heterocycles. The normalized spacial score (nSPS) is 13.8. The number of aliphatic imine (C=N–C) groups is 1. The van der Waals surface area contributed by atoms with E-state index in [1.165, 1.54) is 23.9 Å². The van der Waals surface area contributed by atoms with Gasteiger partial charge >= 0.3 is 0 Å². The summed E-state index contributed by atoms with van der Waals surface area (Å²) in [6.45, 7) is 0.610. The number of nitrogens with zero attached hydrogens (tertiary/aromatic N) is 1. The average Bonchev–Trinajstić information content (AvgIpc) is 3.14. The number of carbonyl (C=O) groups is 1. The number of carbonyl (C=O) groups excluding carboxylic acids is 1. The number of anilines is 1. The SMILES string of the molecule is COc1ccc(C(=O)Nc2ccc(S(=O)(=O)NC3=NCCS3)cc2)cc1. The second-order valence-corrected chi connectivity index (χ2v) is 8.11. The van der Waals surface area contributed by atoms with Gasteiger partial charge in [0.2, 0.25) is 0 Å². The van der Waals surface area contributed by atoms with Crippen LogP contribution in [0.25, 0.3) is 0 Å². The van der Waals surface area contributed by atoms with Gasteiger partial charge in [-0.1, -0.05) is 11.8 Å². The van der Waals surface area contributed by atoms with Crippen molar-refractivity contribution < 1.29 is 17.9 Å². The molecular formula is C17H17N3O4S2. The van der Waals surface area contributed by atoms with Gasteiger partial charge in [-0.15, -0.1) is 0 Å². The molecule has 0 radical (unpaired) electrons. The van der Waals surface area contributed by atoms with Crippen molar-refractivity contribution in [3.8, 4) is 5.75 Å². The highest BCUT2D eigenvalue weighted by Gasteiger charge is 2.18. The number of ether oxygens (including phenoxy) is 1. The van der Waals surface area contributed by atoms with Gasteiger partial charge in [-0.3, -0.25) is 14.5 Å². The fourth-order valence-corrected chi connectivity index (χ4v) is 4.26. The van der Waals surface area contributed by atoms with E-state index in [1.54, 1.807) is 43.5 Å². The van der Waals surface area contributed by atoms with Crippen molar-refractivity contribution in [1.29, 1.82) is 0 Å². The van der Waals surface area contributed by atoms with Gasteiger partial charge in [-0.2, -0.15) is 0 Å². The first-order valence-corrected chi connectivity index (χ1v) is 10.2. The van der Waals surface area contributed by atoms with E-state index in [0.29, 0.717) is 28.7 Å². The molecule has 0 bridgehead atoms. The van der Waals surface area contributed by atoms with E-state index in [0.717, 1.165) is 5.75 Å². The third kappa shape index (κ3) is 4.36. The third-order valence-electron chi connectivity index (χ3n) is 3.58. The van der Waals surface area contributed by atoms with Crippen LogP contribution in [-0.4, -0.2) is 38.9 Å². The zero-order valence-corrected chi connectivity index (χ0v) is 15.6. The third-order valence-corrected chi connectivity index (χ3v) is 5.96. The maximum absolute atomic E-state index is 12.3. The summed E-state index contributed by atoms with van der Waals surface area (Å²) in [7, 11) is -2.12. The Bertz CT molecular complexity index is 923. The summed E-state index contributed by atoms with van der Waals surface area (Å²) in [5, 5.41) is 3.13. The molecule has 0 fully saturated rings. The predicted octanol–water partition coefficient (Wildman–Crippen LogP) is 2.33. The Morgan fingerprint density at radius 3 is 2.38 bits per heavy atom. The van der Waals surface area contributed by atoms with Crippen LogP contribution in [0.2, 0.25) is 0 Å². The van der Waals surface area contributed by atoms with Crippen LogP contribution in [0, 0.1) is 0 Å². The van der Waals surface area contributed by atoms with Crippen LogP contribution in [0.15, 0.2) is 58.4 Å². The number of benzene rings is 2. The quantitative estimate of drug-likeness (QED) is 0.815. The molecule has 26 heavy (non-hydrogen) atoms. The molecule has 0 spiro atoms. The largest absolute Gasteiger partial charge is 0.497 e. The summed E-state index contributed by atoms with van der Waals surface area (Å²) in [5.41, 5.74) is 0.970. The number of rotatable bonds is 5. The van der Waals surface area contributed by atoms with Crippen LogP contribution in [-0.2, 0) is 10.0 Å². The number of amides is 1. The average molecular weight is 391 g/mol. The summed E-state index contributed by atoms with van der Waals surface area (Å²) in [4.78, 5) is 16.4. The molecule has 136 valence electrons. The van der Waals surface area contributed by atoms with Crippen molar-refractivity contribution in [3.05, 3.63) is 54.1 Å². The lowest BCUT2D eigenvalue weighted by atomic mass is 10.2. The first kappa shape index (κ1) is 18.3. The van der Waals surface area contributed by atoms with Crippen LogP contribution >= 0.6 is 11.8 Å². The number of nitrogens with one attached hydrogen (secondary N) is 2. The lowest BCUT2D eigenvalue weighted by Crippen LogP contribution is -2.27. The molecule has 0 unspecified atom stereocenters. The van der Waals surface area contributed by atoms with Gasteiger partial charge in [0.15, 0.2) is 5.17 Å². The zero-order valence-electron chi connectivity index (χ0n) is 13.9. The van der Waals surface area contributed by atoms with Gasteiger partial charge in [0.25, 0.3) is 15.9 Å². The predicted molar refractivity (Wildman–Crippen MR) is 102 cm³/mol. The maximum atomic E-state index is 12.3. The lowest BCUT2D eigenvalue weighted by molar-refractivity contribution is 0.102. The van der Waals surface area contributed by atoms with Crippen molar-refractivity contribution in [2.45, 2.75) is 4.90 Å². The van der Waals surface area contributed by atoms with Gasteiger partial charge < -0.3 is 10.1 Å². The number of thioether (sulfide) groups is 1. The summed E-state index contributed by atoms with van der Waals surface area (Å²) < 4.78 is 32.1. The van der Waals surface area contributed by atoms with Crippen LogP contribution in [0.3, 0.4) is 0 Å². The zero-order chi connectivity index (χ0) is 18.6. The number of methoxy groups -OCH3 is 1. The van der Waals surface area contributed by atoms with Crippen molar-refractivity contribution in [1.82, 2.24) is 4.72 Å². The smallest absolute Gasteiger partial charge is 0.263 e. The number of hydrogen-bond donors (Lipinski definition) is 2. The minimum absolute atomic E-state index is 0.107. The van der Waals surface area contributed by atoms with Gasteiger partial charge in [-0.25, -0.2) is 8.42 Å². The minimum Gasteiger partial charge on any atom is -0.497 e. The van der Waals surface area contributed by atoms with Gasteiger partial charge in [0, 0.05) is 17.0 Å². The molecule has 2 N–H and O–H groups in total. The van der Waals surface area contributed by atoms with E-state index >= 15 is 0 Å². The second kappa shape index (κ2) is 7.79. The highest BCUT2D eigenvalue weighted by atomic mass is 32.2. The monoisotopic (exact) mass is 391 g/mol. The Morgan fingerprint density at radius 1 is 1.12 bits per heavy atom. The van der Waals surface area contributed by atoms with E-state index < -0.39 is 10.0 Å². The van der Waals surface area contributed by atoms with Crippen molar-refractivity contribution >= 4 is 38.5 Å². The Hall–Kier alpha value is -2.52. The molecule has 0 aliphatic carbocycles. The van der Waals surface area contributed by atoms with Crippen molar-refractivity contribution in [3.63, 3.8) is 0 Å². The first-order valence-electron chi connectivity index (χ1n) is 7.73. The highest BCUT2D eigenvalue weighted by Crippen LogP contribution is 2.18. The molecule has 1 aliphatic rings. The molecule has 0 saturated heterocycles. The summed E-state index contributed by atoms with van der Waals surface area (Å²) in [5.74, 6) is 1.14. The number of hydrogen-bond acceptors (Lipinski definition) is 6. The molecule has 1 amide bonds. The summed E-state index contributed by atoms with van der Waals surface area (Å²) in [6, 6.07) is 12.6. The number of amidine groups is 1. The van der Waals surface area contributed by atoms with E-state index in [2.05, 4.69) is 15.0 Å². The molecule has 0 atom stereocenters. The second-order valence-electron chi connectivity index (χ2n) is 5.35. The molecular weight excluding hydrogens is 374 g/mol. The Labute approximate surface area is 155 Å². The minimum atomic E-state index is -3.68. The summed E-state index contributed by atoms with van der Waals surface area (Å²) in [6.07, 6.45) is 0. The van der Waals surface area contributed by atoms with E-state index in [9.17, 15) is 13.2 Å². The molecule has 3 rings (SSSR count). The van der Waals surface area contributed by atoms with E-state index in [-0.39, 0.29) is 10.8 Å². The fraction of sp³-hybridized carbons (Fsp3) is 0.176. The van der Waals surface area contributed by atoms with Crippen LogP contribution in [0.5, 0.6) is 5.75 Å². The molecule has 1 heterocycles. The Kier molecular flexibility index (Phi) is 5.48. The van der Waals surface area contributed by atoms with E-state index in [4.69, 9.17) is 4.74 Å². The van der Waals surface area contributed by atoms with Gasteiger partial charge in [-0.05, 0) is 48.5 Å². The molecule has 2 aromatic carbocycles. The molecule has 0 aromatic heterocycles. The highest BCUT2D eigenvalue weighted by molar-refractivity contribution is 8.15. The van der Waals surface area contributed by atoms with Crippen LogP contribution in [0.1, 0.15) is 10.4 Å². The molecule has 7 nitrogen and oxygen atoms in total. The molecule has 0 saturated carbocycles. The fourth-order valence-electron chi connectivity index (χ4n) is 2.23. The van der Waals surface area contributed by atoms with Gasteiger partial charge in [0.1, 0.15) is 5.75 Å². The molecule has 2 aromatic rings. The summed E-state index contributed by atoms with van der Waals surface area (Å²) >= 11 is 1.37. The lowest BCUT2D eigenvalue weighted by Gasteiger charge is -2.09. The maximum Gasteiger partial charge on any atom is 0.263 e. The van der Waals surface area contributed by atoms with Crippen molar-refractivity contribution in [2.75, 3.05) is 24.7 Å². The molecule has 9 heteroatoms. The topological polar surface area (TPSA) is 96.9 Å². The Balaban J connectivity index is 1.67. The van der Waals surface area contributed by atoms with Crippen LogP contribution < -0.4 is 14.8 Å². The number of sulfonamides is 1. The standard InChI is InChI=1S/C17H17N3O4S2/c1-24-14-6-2-12(3-7-14)16(21)19-13-4-8-15(9-5-13)26(22,23)20-17-18-10-11-25-17/h2-9H,10-11H2,1H3,(H,18,20)(H,19,21). The van der Waals surface area contributed by atoms with Gasteiger partial charge in [0.05, 0.1) is 18.6 Å². The Morgan fingerprint density at radius 2 is 1.81 bits per heavy atom. The van der Waals surface area contributed by atoms with E-state index in [1.807, 2.05) is 0 Å². The van der Waals surface area contributed by atoms with Crippen molar-refractivity contribution in [2.24, 2.45) is 4.99 Å². The van der Waals surface area contributed by atoms with Crippen LogP contribution in [0.4, 0.5) is 5.69 Å². The first-order chi connectivity index (χ1) is 12.5.